The quantitative estimate of drug-likeness (QED) is 0.155. The highest BCUT2D eigenvalue weighted by Crippen LogP contribution is 2.19. The molecule has 0 saturated carbocycles. The summed E-state index contributed by atoms with van der Waals surface area (Å²) in [5.41, 5.74) is 0. The number of unbranched alkanes of at least 4 members (excludes halogenated alkanes) is 9. The number of hydrogen-bond acceptors (Lipinski definition) is 4. The Hall–Kier alpha value is -2.08. The van der Waals surface area contributed by atoms with Gasteiger partial charge in [-0.05, 0) is 50.8 Å². The number of carbonyl (C=O) groups excluding carboxylic acids is 1. The van der Waals surface area contributed by atoms with Gasteiger partial charge >= 0.3 is 0 Å². The molecule has 33 heavy (non-hydrogen) atoms. The number of rotatable bonds is 18. The Morgan fingerprint density at radius 1 is 0.848 bits per heavy atom. The third-order valence-electron chi connectivity index (χ3n) is 5.74. The summed E-state index contributed by atoms with van der Waals surface area (Å²) in [7, 11) is -3.90. The second kappa shape index (κ2) is 17.4. The number of carbonyl (C=O) groups is 1. The molecule has 0 spiro atoms. The smallest absolute Gasteiger partial charge is 0.263 e. The van der Waals surface area contributed by atoms with Crippen LogP contribution in [-0.4, -0.2) is 38.9 Å². The monoisotopic (exact) mass is 476 g/mol. The van der Waals surface area contributed by atoms with Crippen LogP contribution in [-0.2, 0) is 14.6 Å². The van der Waals surface area contributed by atoms with Crippen LogP contribution in [0, 0.1) is 0 Å². The van der Waals surface area contributed by atoms with E-state index >= 15 is 0 Å². The lowest BCUT2D eigenvalue weighted by molar-refractivity contribution is -0.116. The number of amides is 1. The Bertz CT molecular complexity index is 813. The molecule has 1 aromatic rings. The first kappa shape index (κ1) is 29.0. The van der Waals surface area contributed by atoms with E-state index in [1.54, 1.807) is 24.3 Å². The van der Waals surface area contributed by atoms with Crippen molar-refractivity contribution in [1.82, 2.24) is 10.2 Å². The Morgan fingerprint density at radius 2 is 1.39 bits per heavy atom. The first-order valence-corrected chi connectivity index (χ1v) is 14.2. The molecule has 0 aliphatic carbocycles. The molecular weight excluding hydrogens is 432 g/mol. The van der Waals surface area contributed by atoms with Crippen LogP contribution in [0.25, 0.3) is 0 Å². The van der Waals surface area contributed by atoms with Crippen LogP contribution in [0.5, 0.6) is 0 Å². The Labute approximate surface area is 202 Å². The average molecular weight is 477 g/mol. The summed E-state index contributed by atoms with van der Waals surface area (Å²) in [6.45, 7) is 8.39. The lowest BCUT2D eigenvalue weighted by atomic mass is 10.1. The lowest BCUT2D eigenvalue weighted by Crippen LogP contribution is -2.29. The van der Waals surface area contributed by atoms with Crippen molar-refractivity contribution >= 4 is 15.7 Å². The van der Waals surface area contributed by atoms with Crippen molar-refractivity contribution in [3.63, 3.8) is 0 Å². The van der Waals surface area contributed by atoms with E-state index in [1.807, 2.05) is 24.9 Å². The second-order valence-electron chi connectivity index (χ2n) is 8.35. The minimum absolute atomic E-state index is 0.126. The van der Waals surface area contributed by atoms with Gasteiger partial charge in [-0.25, -0.2) is 8.42 Å². The summed E-state index contributed by atoms with van der Waals surface area (Å²) in [4.78, 5) is 14.8. The molecule has 6 heteroatoms. The van der Waals surface area contributed by atoms with Crippen LogP contribution >= 0.6 is 0 Å². The molecule has 0 heterocycles. The van der Waals surface area contributed by atoms with Gasteiger partial charge in [-0.15, -0.1) is 0 Å². The van der Waals surface area contributed by atoms with E-state index < -0.39 is 15.7 Å². The van der Waals surface area contributed by atoms with Crippen LogP contribution in [0.3, 0.4) is 0 Å². The van der Waals surface area contributed by atoms with E-state index in [0.717, 1.165) is 32.4 Å². The van der Waals surface area contributed by atoms with Crippen LogP contribution in [0.15, 0.2) is 58.5 Å². The maximum Gasteiger partial charge on any atom is 0.263 e. The van der Waals surface area contributed by atoms with Crippen molar-refractivity contribution in [3.8, 4) is 0 Å². The summed E-state index contributed by atoms with van der Waals surface area (Å²) >= 11 is 0. The standard InChI is InChI=1S/C27H44N2O3S/c1-4-7-8-9-10-11-12-13-14-18-23-28-27(30)26(22-19-24-29(5-2)6-3)33(31,32)25-20-16-15-17-21-25/h15-17,19-22,24H,4-14,18,23H2,1-3H3,(H,28,30)/b24-19+,26-22+. The zero-order valence-corrected chi connectivity index (χ0v) is 21.7. The maximum atomic E-state index is 13.1. The Balaban J connectivity index is 2.61. The molecule has 0 aliphatic rings. The fourth-order valence-electron chi connectivity index (χ4n) is 3.60. The molecule has 0 unspecified atom stereocenters. The van der Waals surface area contributed by atoms with Gasteiger partial charge in [-0.3, -0.25) is 4.79 Å². The molecule has 0 radical (unpaired) electrons. The summed E-state index contributed by atoms with van der Waals surface area (Å²) < 4.78 is 26.2. The predicted octanol–water partition coefficient (Wildman–Crippen LogP) is 6.24. The minimum atomic E-state index is -3.90. The van der Waals surface area contributed by atoms with Crippen LogP contribution < -0.4 is 5.32 Å². The van der Waals surface area contributed by atoms with Gasteiger partial charge < -0.3 is 10.2 Å². The Kier molecular flexibility index (Phi) is 15.3. The zero-order valence-electron chi connectivity index (χ0n) is 20.9. The molecule has 1 N–H and O–H groups in total. The maximum absolute atomic E-state index is 13.1. The van der Waals surface area contributed by atoms with Crippen LogP contribution in [0.4, 0.5) is 0 Å². The van der Waals surface area contributed by atoms with E-state index in [-0.39, 0.29) is 9.80 Å². The largest absolute Gasteiger partial charge is 0.378 e. The van der Waals surface area contributed by atoms with Gasteiger partial charge in [0.15, 0.2) is 0 Å². The van der Waals surface area contributed by atoms with E-state index in [2.05, 4.69) is 12.2 Å². The van der Waals surface area contributed by atoms with Crippen LogP contribution in [0.2, 0.25) is 0 Å². The normalized spacial score (nSPS) is 12.3. The number of nitrogens with one attached hydrogen (secondary N) is 1. The number of benzene rings is 1. The number of nitrogens with zero attached hydrogens (tertiary/aromatic N) is 1. The molecule has 0 atom stereocenters. The van der Waals surface area contributed by atoms with E-state index in [4.69, 9.17) is 0 Å². The van der Waals surface area contributed by atoms with Gasteiger partial charge in [0.25, 0.3) is 5.91 Å². The van der Waals surface area contributed by atoms with E-state index in [0.29, 0.717) is 6.54 Å². The lowest BCUT2D eigenvalue weighted by Gasteiger charge is -2.14. The summed E-state index contributed by atoms with van der Waals surface area (Å²) in [6, 6.07) is 8.13. The number of sulfone groups is 1. The third kappa shape index (κ3) is 11.6. The highest BCUT2D eigenvalue weighted by atomic mass is 32.2. The number of hydrogen-bond donors (Lipinski definition) is 1. The fourth-order valence-corrected chi connectivity index (χ4v) is 4.95. The van der Waals surface area contributed by atoms with Gasteiger partial charge in [-0.1, -0.05) is 82.9 Å². The van der Waals surface area contributed by atoms with Crippen molar-refractivity contribution in [1.29, 1.82) is 0 Å². The molecule has 1 rings (SSSR count). The molecule has 1 aromatic carbocycles. The first-order chi connectivity index (χ1) is 16.0. The van der Waals surface area contributed by atoms with E-state index in [1.165, 1.54) is 63.2 Å². The third-order valence-corrected chi connectivity index (χ3v) is 7.53. The van der Waals surface area contributed by atoms with Crippen LogP contribution in [0.1, 0.15) is 85.0 Å². The van der Waals surface area contributed by atoms with Crippen molar-refractivity contribution in [3.05, 3.63) is 53.6 Å². The molecule has 0 bridgehead atoms. The summed E-state index contributed by atoms with van der Waals surface area (Å²) in [5.74, 6) is -0.543. The molecule has 1 amide bonds. The van der Waals surface area contributed by atoms with Gasteiger partial charge in [-0.2, -0.15) is 0 Å². The Morgan fingerprint density at radius 3 is 1.94 bits per heavy atom. The topological polar surface area (TPSA) is 66.5 Å². The van der Waals surface area contributed by atoms with E-state index in [9.17, 15) is 13.2 Å². The van der Waals surface area contributed by atoms with Gasteiger partial charge in [0, 0.05) is 19.6 Å². The highest BCUT2D eigenvalue weighted by Gasteiger charge is 2.26. The average Bonchev–Trinajstić information content (AvgIpc) is 2.83. The summed E-state index contributed by atoms with van der Waals surface area (Å²) in [6.07, 6.45) is 17.0. The molecule has 0 saturated heterocycles. The minimum Gasteiger partial charge on any atom is -0.378 e. The van der Waals surface area contributed by atoms with Gasteiger partial charge in [0.05, 0.1) is 4.90 Å². The molecular formula is C27H44N2O3S. The molecule has 186 valence electrons. The highest BCUT2D eigenvalue weighted by molar-refractivity contribution is 7.96. The van der Waals surface area contributed by atoms with Crippen molar-refractivity contribution < 1.29 is 13.2 Å². The molecule has 0 aromatic heterocycles. The summed E-state index contributed by atoms with van der Waals surface area (Å²) in [5, 5.41) is 2.82. The second-order valence-corrected chi connectivity index (χ2v) is 10.3. The molecule has 0 fully saturated rings. The fraction of sp³-hybridized carbons (Fsp3) is 0.593. The first-order valence-electron chi connectivity index (χ1n) is 12.7. The number of allylic oxidation sites excluding steroid dienone is 2. The van der Waals surface area contributed by atoms with Gasteiger partial charge in [0.1, 0.15) is 4.91 Å². The van der Waals surface area contributed by atoms with Gasteiger partial charge in [0.2, 0.25) is 9.84 Å². The van der Waals surface area contributed by atoms with Crippen molar-refractivity contribution in [2.75, 3.05) is 19.6 Å². The SMILES string of the molecule is CCCCCCCCCCCCNC(=O)/C(=C\C=C\N(CC)CC)S(=O)(=O)c1ccccc1. The zero-order chi connectivity index (χ0) is 24.4. The molecule has 5 nitrogen and oxygen atoms in total. The molecule has 0 aliphatic heterocycles. The van der Waals surface area contributed by atoms with Crippen molar-refractivity contribution in [2.24, 2.45) is 0 Å². The van der Waals surface area contributed by atoms with Crippen molar-refractivity contribution in [2.45, 2.75) is 89.9 Å². The predicted molar refractivity (Wildman–Crippen MR) is 139 cm³/mol.